The van der Waals surface area contributed by atoms with Gasteiger partial charge in [0.2, 0.25) is 0 Å². The Morgan fingerprint density at radius 3 is 2.26 bits per heavy atom. The van der Waals surface area contributed by atoms with Gasteiger partial charge in [-0.15, -0.1) is 0 Å². The highest BCUT2D eigenvalue weighted by molar-refractivity contribution is 5.81. The summed E-state index contributed by atoms with van der Waals surface area (Å²) in [5.74, 6) is 1.13. The fourth-order valence-corrected chi connectivity index (χ4v) is 3.21. The molecule has 1 fully saturated rings. The van der Waals surface area contributed by atoms with Gasteiger partial charge in [-0.3, -0.25) is 4.79 Å². The van der Waals surface area contributed by atoms with Gasteiger partial charge < -0.3 is 19.3 Å². The molecule has 2 aromatic carbocycles. The fourth-order valence-electron chi connectivity index (χ4n) is 3.21. The van der Waals surface area contributed by atoms with Gasteiger partial charge in [0.15, 0.2) is 6.10 Å². The van der Waals surface area contributed by atoms with Crippen LogP contribution in [-0.2, 0) is 4.79 Å². The largest absolute Gasteiger partial charge is 0.497 e. The van der Waals surface area contributed by atoms with Crippen molar-refractivity contribution in [2.24, 2.45) is 0 Å². The van der Waals surface area contributed by atoms with Crippen LogP contribution in [0.3, 0.4) is 0 Å². The average molecular weight is 372 g/mol. The van der Waals surface area contributed by atoms with Crippen LogP contribution >= 0.6 is 0 Å². The Balaban J connectivity index is 1.59. The lowest BCUT2D eigenvalue weighted by Gasteiger charge is -2.37. The summed E-state index contributed by atoms with van der Waals surface area (Å²) in [4.78, 5) is 16.6. The van der Waals surface area contributed by atoms with Gasteiger partial charge in [0.05, 0.1) is 12.8 Å². The predicted molar refractivity (Wildman–Crippen MR) is 103 cm³/mol. The first-order valence-electron chi connectivity index (χ1n) is 9.21. The van der Waals surface area contributed by atoms with E-state index in [1.165, 1.54) is 6.07 Å². The molecular weight excluding hydrogens is 347 g/mol. The minimum Gasteiger partial charge on any atom is -0.497 e. The number of rotatable bonds is 6. The summed E-state index contributed by atoms with van der Waals surface area (Å²) in [6.07, 6.45) is 0.0525. The highest BCUT2D eigenvalue weighted by Crippen LogP contribution is 2.22. The molecule has 0 spiro atoms. The fraction of sp³-hybridized carbons (Fsp3) is 0.381. The number of para-hydroxylation sites is 1. The standard InChI is InChI=1S/C21H25FN2O3/c1-3-20(27-17-10-8-16(26-2)9-11-17)21(25)24-14-12-23(13-15-24)19-7-5-4-6-18(19)22/h4-11,20H,3,12-15H2,1-2H3. The van der Waals surface area contributed by atoms with E-state index in [2.05, 4.69) is 0 Å². The second kappa shape index (κ2) is 8.75. The number of methoxy groups -OCH3 is 1. The number of anilines is 1. The Bertz CT molecular complexity index is 758. The number of amides is 1. The normalized spacial score (nSPS) is 15.4. The minimum absolute atomic E-state index is 0.0264. The molecule has 27 heavy (non-hydrogen) atoms. The molecule has 0 aromatic heterocycles. The van der Waals surface area contributed by atoms with E-state index in [9.17, 15) is 9.18 Å². The number of carbonyl (C=O) groups excluding carboxylic acids is 1. The predicted octanol–water partition coefficient (Wildman–Crippen LogP) is 3.34. The van der Waals surface area contributed by atoms with E-state index in [0.717, 1.165) is 5.75 Å². The summed E-state index contributed by atoms with van der Waals surface area (Å²) in [6.45, 7) is 4.24. The molecule has 1 amide bonds. The van der Waals surface area contributed by atoms with Crippen molar-refractivity contribution in [1.82, 2.24) is 4.90 Å². The summed E-state index contributed by atoms with van der Waals surface area (Å²) < 4.78 is 25.0. The zero-order valence-corrected chi connectivity index (χ0v) is 15.7. The van der Waals surface area contributed by atoms with Crippen molar-refractivity contribution in [3.63, 3.8) is 0 Å². The summed E-state index contributed by atoms with van der Waals surface area (Å²) in [6, 6.07) is 13.9. The van der Waals surface area contributed by atoms with E-state index in [0.29, 0.717) is 44.0 Å². The van der Waals surface area contributed by atoms with E-state index in [4.69, 9.17) is 9.47 Å². The van der Waals surface area contributed by atoms with Crippen LogP contribution in [0.25, 0.3) is 0 Å². The van der Waals surface area contributed by atoms with Crippen LogP contribution in [0.15, 0.2) is 48.5 Å². The van der Waals surface area contributed by atoms with E-state index < -0.39 is 6.10 Å². The highest BCUT2D eigenvalue weighted by atomic mass is 19.1. The van der Waals surface area contributed by atoms with Crippen molar-refractivity contribution in [2.75, 3.05) is 38.2 Å². The number of nitrogens with zero attached hydrogens (tertiary/aromatic N) is 2. The van der Waals surface area contributed by atoms with E-state index in [1.54, 1.807) is 48.4 Å². The molecule has 1 aliphatic rings. The molecule has 1 atom stereocenters. The van der Waals surface area contributed by atoms with Gasteiger partial charge in [0.1, 0.15) is 17.3 Å². The molecule has 6 heteroatoms. The maximum Gasteiger partial charge on any atom is 0.263 e. The lowest BCUT2D eigenvalue weighted by Crippen LogP contribution is -2.52. The van der Waals surface area contributed by atoms with Crippen LogP contribution < -0.4 is 14.4 Å². The van der Waals surface area contributed by atoms with Gasteiger partial charge in [0, 0.05) is 26.2 Å². The van der Waals surface area contributed by atoms with Gasteiger partial charge in [-0.1, -0.05) is 19.1 Å². The van der Waals surface area contributed by atoms with Crippen molar-refractivity contribution in [2.45, 2.75) is 19.4 Å². The Kier molecular flexibility index (Phi) is 6.16. The number of hydrogen-bond donors (Lipinski definition) is 0. The molecule has 0 bridgehead atoms. The molecule has 0 radical (unpaired) electrons. The molecule has 1 heterocycles. The first kappa shape index (κ1) is 19.0. The van der Waals surface area contributed by atoms with Crippen LogP contribution in [0.5, 0.6) is 11.5 Å². The molecular formula is C21H25FN2O3. The molecule has 0 aliphatic carbocycles. The van der Waals surface area contributed by atoms with Crippen molar-refractivity contribution in [3.8, 4) is 11.5 Å². The molecule has 1 aliphatic heterocycles. The Morgan fingerprint density at radius 1 is 1.04 bits per heavy atom. The molecule has 5 nitrogen and oxygen atoms in total. The van der Waals surface area contributed by atoms with Crippen molar-refractivity contribution >= 4 is 11.6 Å². The lowest BCUT2D eigenvalue weighted by atomic mass is 10.2. The number of hydrogen-bond acceptors (Lipinski definition) is 4. The molecule has 0 saturated carbocycles. The van der Waals surface area contributed by atoms with Gasteiger partial charge in [-0.2, -0.15) is 0 Å². The van der Waals surface area contributed by atoms with Crippen molar-refractivity contribution < 1.29 is 18.7 Å². The summed E-state index contributed by atoms with van der Waals surface area (Å²) in [7, 11) is 1.61. The zero-order chi connectivity index (χ0) is 19.2. The first-order valence-corrected chi connectivity index (χ1v) is 9.21. The lowest BCUT2D eigenvalue weighted by molar-refractivity contribution is -0.139. The van der Waals surface area contributed by atoms with Crippen molar-refractivity contribution in [1.29, 1.82) is 0 Å². The van der Waals surface area contributed by atoms with Crippen LogP contribution in [0.4, 0.5) is 10.1 Å². The molecule has 3 rings (SSSR count). The van der Waals surface area contributed by atoms with Crippen LogP contribution in [0.1, 0.15) is 13.3 Å². The molecule has 1 saturated heterocycles. The Labute approximate surface area is 159 Å². The van der Waals surface area contributed by atoms with Gasteiger partial charge >= 0.3 is 0 Å². The second-order valence-corrected chi connectivity index (χ2v) is 6.45. The molecule has 144 valence electrons. The van der Waals surface area contributed by atoms with Gasteiger partial charge in [0.25, 0.3) is 5.91 Å². The number of benzene rings is 2. The van der Waals surface area contributed by atoms with Gasteiger partial charge in [-0.05, 0) is 42.8 Å². The third-order valence-corrected chi connectivity index (χ3v) is 4.77. The molecule has 0 N–H and O–H groups in total. The summed E-state index contributed by atoms with van der Waals surface area (Å²) in [5.41, 5.74) is 0.589. The summed E-state index contributed by atoms with van der Waals surface area (Å²) in [5, 5.41) is 0. The average Bonchev–Trinajstić information content (AvgIpc) is 2.72. The smallest absolute Gasteiger partial charge is 0.263 e. The Morgan fingerprint density at radius 2 is 1.67 bits per heavy atom. The Hall–Kier alpha value is -2.76. The quantitative estimate of drug-likeness (QED) is 0.780. The second-order valence-electron chi connectivity index (χ2n) is 6.45. The number of piperazine rings is 1. The number of halogens is 1. The topological polar surface area (TPSA) is 42.0 Å². The monoisotopic (exact) mass is 372 g/mol. The van der Waals surface area contributed by atoms with Crippen LogP contribution in [0.2, 0.25) is 0 Å². The van der Waals surface area contributed by atoms with Gasteiger partial charge in [-0.25, -0.2) is 4.39 Å². The number of carbonyl (C=O) groups is 1. The highest BCUT2D eigenvalue weighted by Gasteiger charge is 2.28. The van der Waals surface area contributed by atoms with E-state index >= 15 is 0 Å². The summed E-state index contributed by atoms with van der Waals surface area (Å²) >= 11 is 0. The molecule has 2 aromatic rings. The van der Waals surface area contributed by atoms with Crippen LogP contribution in [0, 0.1) is 5.82 Å². The third-order valence-electron chi connectivity index (χ3n) is 4.77. The SMILES string of the molecule is CCC(Oc1ccc(OC)cc1)C(=O)N1CCN(c2ccccc2F)CC1. The van der Waals surface area contributed by atoms with E-state index in [1.807, 2.05) is 17.9 Å². The van der Waals surface area contributed by atoms with Crippen molar-refractivity contribution in [3.05, 3.63) is 54.3 Å². The maximum atomic E-state index is 14.0. The first-order chi connectivity index (χ1) is 13.1. The van der Waals surface area contributed by atoms with Crippen LogP contribution in [-0.4, -0.2) is 50.2 Å². The minimum atomic E-state index is -0.529. The maximum absolute atomic E-state index is 14.0. The van der Waals surface area contributed by atoms with E-state index in [-0.39, 0.29) is 11.7 Å². The number of ether oxygens (including phenoxy) is 2. The zero-order valence-electron chi connectivity index (χ0n) is 15.7. The third kappa shape index (κ3) is 4.51. The molecule has 1 unspecified atom stereocenters.